The Kier molecular flexibility index (Phi) is 5.18. The molecule has 0 spiro atoms. The van der Waals surface area contributed by atoms with E-state index in [0.717, 1.165) is 37.0 Å². The highest BCUT2D eigenvalue weighted by atomic mass is 16.6. The molecule has 0 saturated heterocycles. The number of ether oxygens (including phenoxy) is 2. The highest BCUT2D eigenvalue weighted by Gasteiger charge is 2.25. The lowest BCUT2D eigenvalue weighted by molar-refractivity contribution is -0.151. The van der Waals surface area contributed by atoms with Crippen molar-refractivity contribution in [2.45, 2.75) is 51.2 Å². The average Bonchev–Trinajstić information content (AvgIpc) is 2.62. The molecule has 24 heavy (non-hydrogen) atoms. The van der Waals surface area contributed by atoms with Crippen LogP contribution in [0.2, 0.25) is 0 Å². The number of fused-ring (bicyclic) bond motifs is 1. The molecule has 0 aromatic heterocycles. The second kappa shape index (κ2) is 7.51. The third-order valence-electron chi connectivity index (χ3n) is 4.50. The molecule has 1 aromatic rings. The summed E-state index contributed by atoms with van der Waals surface area (Å²) in [4.78, 5) is 24.5. The van der Waals surface area contributed by atoms with Crippen molar-refractivity contribution in [3.05, 3.63) is 35.4 Å². The van der Waals surface area contributed by atoms with E-state index in [1.807, 2.05) is 24.3 Å². The first-order valence-electron chi connectivity index (χ1n) is 8.57. The van der Waals surface area contributed by atoms with Gasteiger partial charge in [0.25, 0.3) is 5.91 Å². The number of hydrogen-bond donors (Lipinski definition) is 1. The lowest BCUT2D eigenvalue weighted by Gasteiger charge is -2.24. The number of benzene rings is 1. The van der Waals surface area contributed by atoms with Crippen LogP contribution in [0.5, 0.6) is 5.75 Å². The lowest BCUT2D eigenvalue weighted by atomic mass is 9.95. The summed E-state index contributed by atoms with van der Waals surface area (Å²) in [7, 11) is 0. The Labute approximate surface area is 142 Å². The summed E-state index contributed by atoms with van der Waals surface area (Å²) in [6.45, 7) is 1.76. The molecule has 0 radical (unpaired) electrons. The average molecular weight is 329 g/mol. The molecular formula is C19H23NO4. The van der Waals surface area contributed by atoms with Crippen molar-refractivity contribution >= 4 is 18.0 Å². The summed E-state index contributed by atoms with van der Waals surface area (Å²) in [6.07, 6.45) is 6.47. The monoisotopic (exact) mass is 329 g/mol. The zero-order chi connectivity index (χ0) is 16.9. The van der Waals surface area contributed by atoms with Gasteiger partial charge in [-0.2, -0.15) is 0 Å². The van der Waals surface area contributed by atoms with E-state index in [0.29, 0.717) is 5.57 Å². The van der Waals surface area contributed by atoms with Gasteiger partial charge in [0.05, 0.1) is 5.57 Å². The minimum atomic E-state index is -0.808. The Morgan fingerprint density at radius 2 is 1.96 bits per heavy atom. The van der Waals surface area contributed by atoms with Gasteiger partial charge in [-0.05, 0) is 31.9 Å². The Morgan fingerprint density at radius 3 is 2.75 bits per heavy atom. The standard InChI is InChI=1S/C19H23NO4/c1-13(18(21)20-16-8-3-2-4-9-16)24-19(22)15-11-14-7-5-6-10-17(14)23-12-15/h5-7,10-11,13,16H,2-4,8-9,12H2,1H3,(H,20,21)/t13-/m0/s1. The SMILES string of the molecule is C[C@H](OC(=O)C1=Cc2ccccc2OC1)C(=O)NC1CCCCC1. The molecule has 1 fully saturated rings. The molecule has 1 atom stereocenters. The van der Waals surface area contributed by atoms with Crippen LogP contribution in [-0.2, 0) is 14.3 Å². The van der Waals surface area contributed by atoms with Crippen LogP contribution < -0.4 is 10.1 Å². The second-order valence-electron chi connectivity index (χ2n) is 6.39. The fourth-order valence-corrected chi connectivity index (χ4v) is 3.09. The quantitative estimate of drug-likeness (QED) is 0.863. The Bertz CT molecular complexity index is 647. The van der Waals surface area contributed by atoms with Gasteiger partial charge < -0.3 is 14.8 Å². The van der Waals surface area contributed by atoms with Crippen LogP contribution in [0, 0.1) is 0 Å². The highest BCUT2D eigenvalue weighted by Crippen LogP contribution is 2.26. The minimum Gasteiger partial charge on any atom is -0.488 e. The van der Waals surface area contributed by atoms with E-state index in [4.69, 9.17) is 9.47 Å². The van der Waals surface area contributed by atoms with Gasteiger partial charge >= 0.3 is 5.97 Å². The van der Waals surface area contributed by atoms with Gasteiger partial charge in [-0.1, -0.05) is 37.5 Å². The molecular weight excluding hydrogens is 306 g/mol. The van der Waals surface area contributed by atoms with E-state index in [-0.39, 0.29) is 18.6 Å². The summed E-state index contributed by atoms with van der Waals surface area (Å²) >= 11 is 0. The minimum absolute atomic E-state index is 0.160. The molecule has 5 heteroatoms. The Hall–Kier alpha value is -2.30. The largest absolute Gasteiger partial charge is 0.488 e. The first kappa shape index (κ1) is 16.6. The van der Waals surface area contributed by atoms with Crippen molar-refractivity contribution in [2.24, 2.45) is 0 Å². The number of amides is 1. The number of para-hydroxylation sites is 1. The Morgan fingerprint density at radius 1 is 1.21 bits per heavy atom. The first-order valence-corrected chi connectivity index (χ1v) is 8.57. The topological polar surface area (TPSA) is 64.6 Å². The van der Waals surface area contributed by atoms with Gasteiger partial charge in [0.1, 0.15) is 12.4 Å². The number of carbonyl (C=O) groups excluding carboxylic acids is 2. The molecule has 0 bridgehead atoms. The van der Waals surface area contributed by atoms with Gasteiger partial charge in [-0.3, -0.25) is 4.79 Å². The third-order valence-corrected chi connectivity index (χ3v) is 4.50. The van der Waals surface area contributed by atoms with E-state index in [1.54, 1.807) is 13.0 Å². The molecule has 1 saturated carbocycles. The van der Waals surface area contributed by atoms with Gasteiger partial charge in [0.2, 0.25) is 0 Å². The van der Waals surface area contributed by atoms with E-state index < -0.39 is 12.1 Å². The van der Waals surface area contributed by atoms with Gasteiger partial charge in [0, 0.05) is 11.6 Å². The number of nitrogens with one attached hydrogen (secondary N) is 1. The van der Waals surface area contributed by atoms with E-state index in [9.17, 15) is 9.59 Å². The van der Waals surface area contributed by atoms with Crippen LogP contribution in [0.25, 0.3) is 6.08 Å². The molecule has 5 nitrogen and oxygen atoms in total. The number of esters is 1. The molecule has 128 valence electrons. The molecule has 1 amide bonds. The van der Waals surface area contributed by atoms with Gasteiger partial charge in [0.15, 0.2) is 6.10 Å². The molecule has 2 aliphatic rings. The van der Waals surface area contributed by atoms with Crippen molar-refractivity contribution < 1.29 is 19.1 Å². The zero-order valence-corrected chi connectivity index (χ0v) is 13.9. The predicted molar refractivity (Wildman–Crippen MR) is 90.5 cm³/mol. The predicted octanol–water partition coefficient (Wildman–Crippen LogP) is 2.84. The van der Waals surface area contributed by atoms with E-state index in [1.165, 1.54) is 6.42 Å². The van der Waals surface area contributed by atoms with E-state index in [2.05, 4.69) is 5.32 Å². The van der Waals surface area contributed by atoms with Crippen molar-refractivity contribution in [1.29, 1.82) is 0 Å². The Balaban J connectivity index is 1.56. The molecule has 1 aromatic carbocycles. The fraction of sp³-hybridized carbons (Fsp3) is 0.474. The van der Waals surface area contributed by atoms with Crippen LogP contribution in [0.15, 0.2) is 29.8 Å². The summed E-state index contributed by atoms with van der Waals surface area (Å²) in [5.74, 6) is 0.0147. The van der Waals surface area contributed by atoms with Crippen LogP contribution in [0.3, 0.4) is 0 Å². The number of hydrogen-bond acceptors (Lipinski definition) is 4. The molecule has 1 N–H and O–H groups in total. The third kappa shape index (κ3) is 3.96. The smallest absolute Gasteiger partial charge is 0.338 e. The molecule has 1 aliphatic carbocycles. The highest BCUT2D eigenvalue weighted by molar-refractivity contribution is 5.96. The maximum Gasteiger partial charge on any atom is 0.338 e. The molecule has 1 heterocycles. The van der Waals surface area contributed by atoms with Crippen LogP contribution in [0.1, 0.15) is 44.6 Å². The van der Waals surface area contributed by atoms with Crippen molar-refractivity contribution in [3.8, 4) is 5.75 Å². The van der Waals surface area contributed by atoms with Crippen molar-refractivity contribution in [1.82, 2.24) is 5.32 Å². The molecule has 0 unspecified atom stereocenters. The summed E-state index contributed by atoms with van der Waals surface area (Å²) in [5, 5.41) is 2.98. The maximum atomic E-state index is 12.3. The van der Waals surface area contributed by atoms with Gasteiger partial charge in [-0.15, -0.1) is 0 Å². The number of rotatable bonds is 4. The first-order chi connectivity index (χ1) is 11.6. The fourth-order valence-electron chi connectivity index (χ4n) is 3.09. The van der Waals surface area contributed by atoms with Crippen LogP contribution in [0.4, 0.5) is 0 Å². The second-order valence-corrected chi connectivity index (χ2v) is 6.39. The van der Waals surface area contributed by atoms with Crippen LogP contribution >= 0.6 is 0 Å². The molecule has 1 aliphatic heterocycles. The van der Waals surface area contributed by atoms with Crippen molar-refractivity contribution in [2.75, 3.05) is 6.61 Å². The van der Waals surface area contributed by atoms with Crippen LogP contribution in [-0.4, -0.2) is 30.6 Å². The van der Waals surface area contributed by atoms with Gasteiger partial charge in [-0.25, -0.2) is 4.79 Å². The van der Waals surface area contributed by atoms with Crippen molar-refractivity contribution in [3.63, 3.8) is 0 Å². The number of carbonyl (C=O) groups is 2. The maximum absolute atomic E-state index is 12.3. The summed E-state index contributed by atoms with van der Waals surface area (Å²) < 4.78 is 10.9. The van der Waals surface area contributed by atoms with E-state index >= 15 is 0 Å². The lowest BCUT2D eigenvalue weighted by Crippen LogP contribution is -2.43. The summed E-state index contributed by atoms with van der Waals surface area (Å²) in [6, 6.07) is 7.70. The normalized spacial score (nSPS) is 18.6. The molecule has 3 rings (SSSR count). The summed E-state index contributed by atoms with van der Waals surface area (Å²) in [5.41, 5.74) is 1.26. The zero-order valence-electron chi connectivity index (χ0n) is 13.9.